The van der Waals surface area contributed by atoms with E-state index in [4.69, 9.17) is 4.74 Å². The molecule has 1 saturated carbocycles. The van der Waals surface area contributed by atoms with Crippen LogP contribution in [0.15, 0.2) is 21.7 Å². The van der Waals surface area contributed by atoms with Crippen molar-refractivity contribution in [2.45, 2.75) is 32.4 Å². The van der Waals surface area contributed by atoms with E-state index in [2.05, 4.69) is 41.8 Å². The molecule has 0 amide bonds. The lowest BCUT2D eigenvalue weighted by Gasteiger charge is -2.22. The smallest absolute Gasteiger partial charge is 0.194 e. The van der Waals surface area contributed by atoms with Gasteiger partial charge in [0, 0.05) is 43.6 Å². The molecule has 0 bridgehead atoms. The van der Waals surface area contributed by atoms with Crippen LogP contribution < -0.4 is 5.32 Å². The molecule has 1 aliphatic carbocycles. The lowest BCUT2D eigenvalue weighted by molar-refractivity contribution is 0.0367. The third-order valence-electron chi connectivity index (χ3n) is 3.98. The second-order valence-electron chi connectivity index (χ2n) is 6.45. The largest absolute Gasteiger partial charge is 0.389 e. The van der Waals surface area contributed by atoms with Crippen molar-refractivity contribution in [3.8, 4) is 0 Å². The van der Waals surface area contributed by atoms with Gasteiger partial charge in [-0.2, -0.15) is 0 Å². The number of rotatable bonds is 9. The molecule has 1 fully saturated rings. The van der Waals surface area contributed by atoms with Gasteiger partial charge in [0.1, 0.15) is 0 Å². The Morgan fingerprint density at radius 2 is 2.28 bits per heavy atom. The number of aliphatic hydroxyl groups excluding tert-OH is 1. The summed E-state index contributed by atoms with van der Waals surface area (Å²) < 4.78 is 8.68. The first-order valence-electron chi connectivity index (χ1n) is 8.55. The number of hydrogen-bond donors (Lipinski definition) is 2. The monoisotopic (exact) mass is 528 g/mol. The fraction of sp³-hybridized carbons (Fsp3) is 0.706. The molecule has 0 radical (unpaired) electrons. The second kappa shape index (κ2) is 11.4. The van der Waals surface area contributed by atoms with Crippen molar-refractivity contribution in [1.29, 1.82) is 0 Å². The summed E-state index contributed by atoms with van der Waals surface area (Å²) in [6.07, 6.45) is 4.00. The molecule has 1 heterocycles. The van der Waals surface area contributed by atoms with Crippen LogP contribution in [0.5, 0.6) is 0 Å². The maximum atomic E-state index is 10.0. The molecule has 25 heavy (non-hydrogen) atoms. The van der Waals surface area contributed by atoms with Crippen molar-refractivity contribution in [1.82, 2.24) is 14.8 Å². The SMILES string of the molecule is CCNC(=NCC(O)COCC1CC1)N(C)Cc1cc(Br)cn1C.I. The van der Waals surface area contributed by atoms with Crippen LogP contribution in [0.4, 0.5) is 0 Å². The molecule has 0 spiro atoms. The number of hydrogen-bond acceptors (Lipinski definition) is 3. The number of guanidine groups is 1. The van der Waals surface area contributed by atoms with Gasteiger partial charge in [-0.25, -0.2) is 0 Å². The Morgan fingerprint density at radius 3 is 2.84 bits per heavy atom. The highest BCUT2D eigenvalue weighted by Crippen LogP contribution is 2.28. The number of aromatic nitrogens is 1. The molecule has 0 aromatic carbocycles. The molecule has 2 N–H and O–H groups in total. The summed E-state index contributed by atoms with van der Waals surface area (Å²) >= 11 is 3.50. The zero-order valence-corrected chi connectivity index (χ0v) is 19.2. The molecule has 1 atom stereocenters. The molecule has 144 valence electrons. The van der Waals surface area contributed by atoms with E-state index in [-0.39, 0.29) is 24.0 Å². The molecule has 6 nitrogen and oxygen atoms in total. The van der Waals surface area contributed by atoms with Gasteiger partial charge in [0.2, 0.25) is 0 Å². The van der Waals surface area contributed by atoms with Crippen LogP contribution in [0, 0.1) is 5.92 Å². The van der Waals surface area contributed by atoms with Gasteiger partial charge >= 0.3 is 0 Å². The van der Waals surface area contributed by atoms with Gasteiger partial charge in [-0.15, -0.1) is 24.0 Å². The quantitative estimate of drug-likeness (QED) is 0.294. The predicted molar refractivity (Wildman–Crippen MR) is 116 cm³/mol. The zero-order valence-electron chi connectivity index (χ0n) is 15.2. The van der Waals surface area contributed by atoms with Gasteiger partial charge in [-0.3, -0.25) is 4.99 Å². The van der Waals surface area contributed by atoms with Gasteiger partial charge in [0.25, 0.3) is 0 Å². The van der Waals surface area contributed by atoms with E-state index in [0.717, 1.165) is 30.1 Å². The van der Waals surface area contributed by atoms with Gasteiger partial charge in [0.15, 0.2) is 5.96 Å². The van der Waals surface area contributed by atoms with Crippen molar-refractivity contribution in [2.24, 2.45) is 18.0 Å². The van der Waals surface area contributed by atoms with Crippen LogP contribution in [-0.2, 0) is 18.3 Å². The molecular formula is C17H30BrIN4O2. The van der Waals surface area contributed by atoms with Crippen molar-refractivity contribution in [2.75, 3.05) is 33.4 Å². The predicted octanol–water partition coefficient (Wildman–Crippen LogP) is 2.59. The first-order valence-corrected chi connectivity index (χ1v) is 9.34. The standard InChI is InChI=1S/C17H29BrN4O2.HI/c1-4-19-17(20-8-16(23)12-24-11-13-5-6-13)22(3)10-15-7-14(18)9-21(15)2;/h7,9,13,16,23H,4-6,8,10-12H2,1-3H3,(H,19,20);1H. The molecule has 2 rings (SSSR count). The van der Waals surface area contributed by atoms with E-state index in [0.29, 0.717) is 19.1 Å². The Labute approximate surface area is 176 Å². The summed E-state index contributed by atoms with van der Waals surface area (Å²) in [5, 5.41) is 13.3. The molecule has 1 aromatic heterocycles. The van der Waals surface area contributed by atoms with Crippen LogP contribution >= 0.6 is 39.9 Å². The lowest BCUT2D eigenvalue weighted by Crippen LogP contribution is -2.39. The molecule has 8 heteroatoms. The van der Waals surface area contributed by atoms with Crippen LogP contribution in [0.25, 0.3) is 0 Å². The number of aliphatic hydroxyl groups is 1. The highest BCUT2D eigenvalue weighted by molar-refractivity contribution is 14.0. The number of halogens is 2. The highest BCUT2D eigenvalue weighted by Gasteiger charge is 2.21. The summed E-state index contributed by atoms with van der Waals surface area (Å²) in [7, 11) is 4.03. The Bertz CT molecular complexity index is 549. The normalized spacial score (nSPS) is 15.6. The van der Waals surface area contributed by atoms with Crippen LogP contribution in [0.3, 0.4) is 0 Å². The summed E-state index contributed by atoms with van der Waals surface area (Å²) in [4.78, 5) is 6.60. The van der Waals surface area contributed by atoms with E-state index in [1.165, 1.54) is 18.5 Å². The van der Waals surface area contributed by atoms with Crippen molar-refractivity contribution in [3.05, 3.63) is 22.4 Å². The van der Waals surface area contributed by atoms with Crippen LogP contribution in [0.1, 0.15) is 25.5 Å². The van der Waals surface area contributed by atoms with E-state index in [1.54, 1.807) is 0 Å². The average molecular weight is 529 g/mol. The minimum atomic E-state index is -0.560. The summed E-state index contributed by atoms with van der Waals surface area (Å²) in [6, 6.07) is 2.10. The third kappa shape index (κ3) is 8.27. The molecule has 1 aromatic rings. The van der Waals surface area contributed by atoms with Crippen molar-refractivity contribution in [3.63, 3.8) is 0 Å². The molecular weight excluding hydrogens is 499 g/mol. The van der Waals surface area contributed by atoms with E-state index in [1.807, 2.05) is 27.2 Å². The van der Waals surface area contributed by atoms with Gasteiger partial charge in [-0.05, 0) is 47.7 Å². The fourth-order valence-electron chi connectivity index (χ4n) is 2.41. The van der Waals surface area contributed by atoms with E-state index in [9.17, 15) is 5.11 Å². The first-order chi connectivity index (χ1) is 11.5. The second-order valence-corrected chi connectivity index (χ2v) is 7.36. The molecule has 0 saturated heterocycles. The average Bonchev–Trinajstić information content (AvgIpc) is 3.29. The van der Waals surface area contributed by atoms with Gasteiger partial charge in [-0.1, -0.05) is 0 Å². The summed E-state index contributed by atoms with van der Waals surface area (Å²) in [5.41, 5.74) is 1.18. The minimum absolute atomic E-state index is 0. The lowest BCUT2D eigenvalue weighted by atomic mass is 10.3. The third-order valence-corrected chi connectivity index (χ3v) is 4.42. The van der Waals surface area contributed by atoms with Crippen molar-refractivity contribution >= 4 is 45.9 Å². The molecule has 0 aliphatic heterocycles. The Morgan fingerprint density at radius 1 is 1.56 bits per heavy atom. The number of aryl methyl sites for hydroxylation is 1. The van der Waals surface area contributed by atoms with Crippen LogP contribution in [0.2, 0.25) is 0 Å². The summed E-state index contributed by atoms with van der Waals surface area (Å²) in [6.45, 7) is 5.03. The number of nitrogens with one attached hydrogen (secondary N) is 1. The Hall–Kier alpha value is -0.320. The number of nitrogens with zero attached hydrogens (tertiary/aromatic N) is 3. The fourth-order valence-corrected chi connectivity index (χ4v) is 2.98. The number of ether oxygens (including phenoxy) is 1. The maximum absolute atomic E-state index is 10.0. The topological polar surface area (TPSA) is 62.0 Å². The van der Waals surface area contributed by atoms with Gasteiger partial charge < -0.3 is 24.6 Å². The molecule has 1 aliphatic rings. The van der Waals surface area contributed by atoms with Gasteiger partial charge in [0.05, 0.1) is 25.8 Å². The first kappa shape index (κ1) is 22.7. The number of aliphatic imine (C=N–C) groups is 1. The van der Waals surface area contributed by atoms with Crippen molar-refractivity contribution < 1.29 is 9.84 Å². The Balaban J connectivity index is 0.00000312. The highest BCUT2D eigenvalue weighted by atomic mass is 127. The van der Waals surface area contributed by atoms with E-state index < -0.39 is 6.10 Å². The zero-order chi connectivity index (χ0) is 17.5. The van der Waals surface area contributed by atoms with E-state index >= 15 is 0 Å². The Kier molecular flexibility index (Phi) is 10.4. The summed E-state index contributed by atoms with van der Waals surface area (Å²) in [5.74, 6) is 1.50. The maximum Gasteiger partial charge on any atom is 0.194 e. The van der Waals surface area contributed by atoms with Crippen LogP contribution in [-0.4, -0.2) is 60.0 Å². The minimum Gasteiger partial charge on any atom is -0.389 e. The molecule has 1 unspecified atom stereocenters.